The van der Waals surface area contributed by atoms with Gasteiger partial charge in [-0.05, 0) is 18.9 Å². The van der Waals surface area contributed by atoms with E-state index in [4.69, 9.17) is 17.3 Å². The molecule has 0 amide bonds. The fourth-order valence-electron chi connectivity index (χ4n) is 1.11. The molecule has 1 heterocycles. The molecular weight excluding hydrogens is 198 g/mol. The molecule has 0 bridgehead atoms. The predicted molar refractivity (Wildman–Crippen MR) is 61.7 cm³/mol. The second-order valence-electron chi connectivity index (χ2n) is 3.79. The number of pyridine rings is 1. The standard InChI is InChI=1S/C10H16ClN3/c1-6(2)5-13-8-4-7(3)14-10(11)9(8)12/h4,6H,5,12H2,1-3H3,(H,13,14). The van der Waals surface area contributed by atoms with E-state index in [-0.39, 0.29) is 0 Å². The second-order valence-corrected chi connectivity index (χ2v) is 4.15. The molecule has 0 aromatic carbocycles. The van der Waals surface area contributed by atoms with Gasteiger partial charge >= 0.3 is 0 Å². The van der Waals surface area contributed by atoms with Crippen molar-refractivity contribution in [1.29, 1.82) is 0 Å². The average Bonchev–Trinajstić information content (AvgIpc) is 2.08. The van der Waals surface area contributed by atoms with Crippen LogP contribution in [0.25, 0.3) is 0 Å². The number of nitrogens with zero attached hydrogens (tertiary/aromatic N) is 1. The molecule has 78 valence electrons. The maximum absolute atomic E-state index is 5.86. The van der Waals surface area contributed by atoms with Crippen molar-refractivity contribution >= 4 is 23.0 Å². The lowest BCUT2D eigenvalue weighted by Gasteiger charge is -2.12. The van der Waals surface area contributed by atoms with Crippen molar-refractivity contribution in [2.45, 2.75) is 20.8 Å². The molecule has 0 aliphatic heterocycles. The minimum Gasteiger partial charge on any atom is -0.395 e. The van der Waals surface area contributed by atoms with Crippen molar-refractivity contribution in [2.24, 2.45) is 5.92 Å². The first-order valence-corrected chi connectivity index (χ1v) is 5.05. The van der Waals surface area contributed by atoms with Crippen LogP contribution in [0.3, 0.4) is 0 Å². The Labute approximate surface area is 89.7 Å². The Morgan fingerprint density at radius 3 is 2.79 bits per heavy atom. The lowest BCUT2D eigenvalue weighted by atomic mass is 10.2. The van der Waals surface area contributed by atoms with Gasteiger partial charge in [-0.1, -0.05) is 25.4 Å². The molecule has 14 heavy (non-hydrogen) atoms. The Kier molecular flexibility index (Phi) is 3.58. The highest BCUT2D eigenvalue weighted by atomic mass is 35.5. The molecule has 0 unspecified atom stereocenters. The second kappa shape index (κ2) is 4.51. The third kappa shape index (κ3) is 2.77. The van der Waals surface area contributed by atoms with Crippen molar-refractivity contribution in [3.63, 3.8) is 0 Å². The fraction of sp³-hybridized carbons (Fsp3) is 0.500. The van der Waals surface area contributed by atoms with Gasteiger partial charge in [0.15, 0.2) is 5.15 Å². The van der Waals surface area contributed by atoms with Gasteiger partial charge in [0, 0.05) is 12.2 Å². The molecule has 0 saturated heterocycles. The molecule has 1 aromatic heterocycles. The largest absolute Gasteiger partial charge is 0.395 e. The number of hydrogen-bond acceptors (Lipinski definition) is 3. The van der Waals surface area contributed by atoms with Crippen LogP contribution in [0.1, 0.15) is 19.5 Å². The highest BCUT2D eigenvalue weighted by molar-refractivity contribution is 6.32. The molecule has 3 nitrogen and oxygen atoms in total. The van der Waals surface area contributed by atoms with Crippen molar-refractivity contribution in [1.82, 2.24) is 4.98 Å². The van der Waals surface area contributed by atoms with E-state index in [1.165, 1.54) is 0 Å². The van der Waals surface area contributed by atoms with Crippen LogP contribution in [0.2, 0.25) is 5.15 Å². The van der Waals surface area contributed by atoms with Crippen molar-refractivity contribution in [2.75, 3.05) is 17.6 Å². The van der Waals surface area contributed by atoms with Crippen LogP contribution in [-0.4, -0.2) is 11.5 Å². The first-order chi connectivity index (χ1) is 6.50. The van der Waals surface area contributed by atoms with Gasteiger partial charge in [0.05, 0.1) is 11.4 Å². The van der Waals surface area contributed by atoms with Gasteiger partial charge in [-0.15, -0.1) is 0 Å². The number of anilines is 2. The average molecular weight is 214 g/mol. The number of rotatable bonds is 3. The zero-order valence-corrected chi connectivity index (χ0v) is 9.52. The van der Waals surface area contributed by atoms with Gasteiger partial charge in [0.2, 0.25) is 0 Å². The number of aryl methyl sites for hydroxylation is 1. The molecule has 1 aromatic rings. The Balaban J connectivity index is 2.85. The van der Waals surface area contributed by atoms with Crippen molar-refractivity contribution < 1.29 is 0 Å². The summed E-state index contributed by atoms with van der Waals surface area (Å²) in [7, 11) is 0. The van der Waals surface area contributed by atoms with Crippen molar-refractivity contribution in [3.05, 3.63) is 16.9 Å². The zero-order chi connectivity index (χ0) is 10.7. The lowest BCUT2D eigenvalue weighted by molar-refractivity contribution is 0.689. The molecule has 1 rings (SSSR count). The molecule has 0 saturated carbocycles. The maximum atomic E-state index is 5.86. The molecule has 0 aliphatic carbocycles. The SMILES string of the molecule is Cc1cc(NCC(C)C)c(N)c(Cl)n1. The third-order valence-electron chi connectivity index (χ3n) is 1.84. The number of nitrogens with one attached hydrogen (secondary N) is 1. The van der Waals surface area contributed by atoms with Crippen molar-refractivity contribution in [3.8, 4) is 0 Å². The highest BCUT2D eigenvalue weighted by Crippen LogP contribution is 2.26. The van der Waals surface area contributed by atoms with Gasteiger partial charge < -0.3 is 11.1 Å². The third-order valence-corrected chi connectivity index (χ3v) is 2.13. The monoisotopic (exact) mass is 213 g/mol. The number of hydrogen-bond donors (Lipinski definition) is 2. The van der Waals surface area contributed by atoms with Gasteiger partial charge in [-0.2, -0.15) is 0 Å². The Hall–Kier alpha value is -0.960. The molecular formula is C10H16ClN3. The summed E-state index contributed by atoms with van der Waals surface area (Å²) < 4.78 is 0. The molecule has 0 radical (unpaired) electrons. The van der Waals surface area contributed by atoms with Crippen LogP contribution in [-0.2, 0) is 0 Å². The number of nitrogen functional groups attached to an aromatic ring is 1. The first kappa shape index (κ1) is 11.1. The summed E-state index contributed by atoms with van der Waals surface area (Å²) in [4.78, 5) is 4.06. The first-order valence-electron chi connectivity index (χ1n) is 4.67. The number of halogens is 1. The van der Waals surface area contributed by atoms with Crippen LogP contribution in [0.4, 0.5) is 11.4 Å². The minimum absolute atomic E-state index is 0.372. The molecule has 3 N–H and O–H groups in total. The van der Waals surface area contributed by atoms with Crippen LogP contribution >= 0.6 is 11.6 Å². The normalized spacial score (nSPS) is 10.6. The van der Waals surface area contributed by atoms with Crippen LogP contribution < -0.4 is 11.1 Å². The number of aromatic nitrogens is 1. The van der Waals surface area contributed by atoms with E-state index >= 15 is 0 Å². The lowest BCUT2D eigenvalue weighted by Crippen LogP contribution is -2.10. The Morgan fingerprint density at radius 1 is 1.57 bits per heavy atom. The van der Waals surface area contributed by atoms with E-state index < -0.39 is 0 Å². The molecule has 0 spiro atoms. The Bertz CT molecular complexity index is 323. The fourth-order valence-corrected chi connectivity index (χ4v) is 1.34. The molecule has 0 aliphatic rings. The van der Waals surface area contributed by atoms with Gasteiger partial charge in [0.25, 0.3) is 0 Å². The van der Waals surface area contributed by atoms with E-state index in [1.54, 1.807) is 0 Å². The zero-order valence-electron chi connectivity index (χ0n) is 8.76. The van der Waals surface area contributed by atoms with Gasteiger partial charge in [-0.3, -0.25) is 0 Å². The van der Waals surface area contributed by atoms with E-state index in [1.807, 2.05) is 13.0 Å². The summed E-state index contributed by atoms with van der Waals surface area (Å²) in [6.07, 6.45) is 0. The summed E-state index contributed by atoms with van der Waals surface area (Å²) >= 11 is 5.86. The summed E-state index contributed by atoms with van der Waals surface area (Å²) in [6.45, 7) is 7.05. The maximum Gasteiger partial charge on any atom is 0.154 e. The highest BCUT2D eigenvalue weighted by Gasteiger charge is 2.06. The quantitative estimate of drug-likeness (QED) is 0.760. The summed E-state index contributed by atoms with van der Waals surface area (Å²) in [5, 5.41) is 3.62. The Morgan fingerprint density at radius 2 is 2.21 bits per heavy atom. The number of nitrogens with two attached hydrogens (primary N) is 1. The van der Waals surface area contributed by atoms with Crippen LogP contribution in [0.5, 0.6) is 0 Å². The predicted octanol–water partition coefficient (Wildman–Crippen LogP) is 2.69. The van der Waals surface area contributed by atoms with E-state index in [2.05, 4.69) is 24.1 Å². The topological polar surface area (TPSA) is 50.9 Å². The summed E-state index contributed by atoms with van der Waals surface area (Å²) in [5.74, 6) is 0.571. The van der Waals surface area contributed by atoms with E-state index in [9.17, 15) is 0 Å². The van der Waals surface area contributed by atoms with Crippen LogP contribution in [0.15, 0.2) is 6.07 Å². The van der Waals surface area contributed by atoms with E-state index in [0.29, 0.717) is 16.8 Å². The van der Waals surface area contributed by atoms with E-state index in [0.717, 1.165) is 17.9 Å². The molecule has 4 heteroatoms. The summed E-state index contributed by atoms with van der Waals surface area (Å²) in [6, 6.07) is 1.91. The summed E-state index contributed by atoms with van der Waals surface area (Å²) in [5.41, 5.74) is 8.05. The van der Waals surface area contributed by atoms with Crippen LogP contribution in [0, 0.1) is 12.8 Å². The molecule has 0 fully saturated rings. The minimum atomic E-state index is 0.372. The molecule has 0 atom stereocenters. The van der Waals surface area contributed by atoms with Gasteiger partial charge in [-0.25, -0.2) is 4.98 Å². The van der Waals surface area contributed by atoms with Gasteiger partial charge in [0.1, 0.15) is 0 Å². The smallest absolute Gasteiger partial charge is 0.154 e.